The maximum absolute atomic E-state index is 12.4. The first-order valence-corrected chi connectivity index (χ1v) is 10.2. The van der Waals surface area contributed by atoms with E-state index in [-0.39, 0.29) is 5.91 Å². The van der Waals surface area contributed by atoms with Crippen LogP contribution in [0.1, 0.15) is 62.2 Å². The fourth-order valence-corrected chi connectivity index (χ4v) is 3.54. The largest absolute Gasteiger partial charge is 0.272 e. The number of carbonyl (C=O) groups is 1. The summed E-state index contributed by atoms with van der Waals surface area (Å²) in [6.07, 6.45) is 9.12. The minimum absolute atomic E-state index is 0.0445. The molecule has 134 valence electrons. The van der Waals surface area contributed by atoms with E-state index in [1.54, 1.807) is 28.8 Å². The normalized spacial score (nSPS) is 10.5. The van der Waals surface area contributed by atoms with Gasteiger partial charge in [-0.2, -0.15) is 0 Å². The second-order valence-electron chi connectivity index (χ2n) is 5.95. The summed E-state index contributed by atoms with van der Waals surface area (Å²) in [5, 5.41) is 3.34. The lowest BCUT2D eigenvalue weighted by molar-refractivity contribution is 0.0514. The van der Waals surface area contributed by atoms with Gasteiger partial charge in [-0.05, 0) is 18.6 Å². The first kappa shape index (κ1) is 21.0. The summed E-state index contributed by atoms with van der Waals surface area (Å²) in [6.45, 7) is 2.24. The molecule has 1 rings (SSSR count). The fraction of sp³-hybridized carbons (Fsp3) is 0.579. The molecule has 5 heteroatoms. The van der Waals surface area contributed by atoms with Crippen molar-refractivity contribution in [3.8, 4) is 0 Å². The molecular formula is C19H30N2OS2. The molecule has 0 heterocycles. The monoisotopic (exact) mass is 366 g/mol. The molecule has 0 aromatic heterocycles. The van der Waals surface area contributed by atoms with Crippen LogP contribution in [0.2, 0.25) is 0 Å². The summed E-state index contributed by atoms with van der Waals surface area (Å²) in [6, 6.07) is 9.29. The van der Waals surface area contributed by atoms with Gasteiger partial charge in [0.15, 0.2) is 4.32 Å². The van der Waals surface area contributed by atoms with Crippen LogP contribution in [-0.4, -0.2) is 40.1 Å². The van der Waals surface area contributed by atoms with Gasteiger partial charge in [0.1, 0.15) is 0 Å². The predicted octanol–water partition coefficient (Wildman–Crippen LogP) is 5.37. The number of amides is 1. The Bertz CT molecular complexity index is 493. The highest BCUT2D eigenvalue weighted by molar-refractivity contribution is 8.22. The second kappa shape index (κ2) is 12.3. The summed E-state index contributed by atoms with van der Waals surface area (Å²) < 4.78 is 0.743. The van der Waals surface area contributed by atoms with Gasteiger partial charge in [0.05, 0.1) is 0 Å². The van der Waals surface area contributed by atoms with Crippen molar-refractivity contribution in [2.75, 3.05) is 19.8 Å². The van der Waals surface area contributed by atoms with Gasteiger partial charge >= 0.3 is 0 Å². The third kappa shape index (κ3) is 7.67. The number of unbranched alkanes of at least 4 members (excludes halogenated alkanes) is 6. The number of benzene rings is 1. The van der Waals surface area contributed by atoms with E-state index in [0.717, 1.165) is 10.1 Å². The number of hydrogen-bond acceptors (Lipinski definition) is 3. The Morgan fingerprint density at radius 3 is 2.17 bits per heavy atom. The number of carbonyl (C=O) groups excluding carboxylic acids is 1. The average Bonchev–Trinajstić information content (AvgIpc) is 2.62. The minimum atomic E-state index is -0.0445. The molecular weight excluding hydrogens is 336 g/mol. The van der Waals surface area contributed by atoms with Crippen molar-refractivity contribution in [1.29, 1.82) is 0 Å². The van der Waals surface area contributed by atoms with Crippen molar-refractivity contribution in [3.63, 3.8) is 0 Å². The minimum Gasteiger partial charge on any atom is -0.270 e. The van der Waals surface area contributed by atoms with Crippen LogP contribution < -0.4 is 0 Å². The van der Waals surface area contributed by atoms with E-state index in [9.17, 15) is 4.79 Å². The van der Waals surface area contributed by atoms with Crippen LogP contribution in [-0.2, 0) is 0 Å². The summed E-state index contributed by atoms with van der Waals surface area (Å²) in [4.78, 5) is 12.4. The molecule has 0 unspecified atom stereocenters. The van der Waals surface area contributed by atoms with Crippen molar-refractivity contribution in [1.82, 2.24) is 10.0 Å². The van der Waals surface area contributed by atoms with Gasteiger partial charge < -0.3 is 0 Å². The van der Waals surface area contributed by atoms with Crippen LogP contribution in [0, 0.1) is 0 Å². The first-order valence-electron chi connectivity index (χ1n) is 8.81. The molecule has 0 saturated carbocycles. The molecule has 0 aliphatic heterocycles. The molecule has 0 saturated heterocycles. The SMILES string of the molecule is CCCCCCCCCSC(=S)N(C)N(C)C(=O)c1ccccc1. The molecule has 0 N–H and O–H groups in total. The molecule has 0 aliphatic carbocycles. The highest BCUT2D eigenvalue weighted by Crippen LogP contribution is 2.15. The Morgan fingerprint density at radius 1 is 0.958 bits per heavy atom. The lowest BCUT2D eigenvalue weighted by Gasteiger charge is -2.29. The number of nitrogens with zero attached hydrogens (tertiary/aromatic N) is 2. The number of hydrogen-bond donors (Lipinski definition) is 0. The topological polar surface area (TPSA) is 23.6 Å². The van der Waals surface area contributed by atoms with E-state index in [1.165, 1.54) is 44.9 Å². The Hall–Kier alpha value is -1.07. The van der Waals surface area contributed by atoms with Crippen molar-refractivity contribution < 1.29 is 4.79 Å². The smallest absolute Gasteiger partial charge is 0.270 e. The van der Waals surface area contributed by atoms with Crippen LogP contribution >= 0.6 is 24.0 Å². The Balaban J connectivity index is 2.25. The van der Waals surface area contributed by atoms with E-state index in [2.05, 4.69) is 6.92 Å². The van der Waals surface area contributed by atoms with Gasteiger partial charge in [0.25, 0.3) is 5.91 Å². The average molecular weight is 367 g/mol. The van der Waals surface area contributed by atoms with E-state index in [4.69, 9.17) is 12.2 Å². The zero-order chi connectivity index (χ0) is 17.8. The van der Waals surface area contributed by atoms with E-state index >= 15 is 0 Å². The van der Waals surface area contributed by atoms with E-state index in [1.807, 2.05) is 37.4 Å². The van der Waals surface area contributed by atoms with Gasteiger partial charge in [-0.3, -0.25) is 14.8 Å². The van der Waals surface area contributed by atoms with Crippen LogP contribution in [0.3, 0.4) is 0 Å². The molecule has 1 amide bonds. The Morgan fingerprint density at radius 2 is 1.54 bits per heavy atom. The lowest BCUT2D eigenvalue weighted by Crippen LogP contribution is -2.43. The zero-order valence-electron chi connectivity index (χ0n) is 15.2. The molecule has 1 aromatic rings. The van der Waals surface area contributed by atoms with Crippen molar-refractivity contribution in [2.24, 2.45) is 0 Å². The predicted molar refractivity (Wildman–Crippen MR) is 109 cm³/mol. The number of thioether (sulfide) groups is 1. The van der Waals surface area contributed by atoms with Crippen molar-refractivity contribution in [2.45, 2.75) is 51.9 Å². The van der Waals surface area contributed by atoms with Gasteiger partial charge in [-0.1, -0.05) is 87.6 Å². The highest BCUT2D eigenvalue weighted by Gasteiger charge is 2.17. The molecule has 1 aromatic carbocycles. The summed E-state index contributed by atoms with van der Waals surface area (Å²) in [5.74, 6) is 0.974. The lowest BCUT2D eigenvalue weighted by atomic mass is 10.1. The van der Waals surface area contributed by atoms with Gasteiger partial charge in [-0.15, -0.1) is 0 Å². The molecule has 0 bridgehead atoms. The van der Waals surface area contributed by atoms with E-state index in [0.29, 0.717) is 5.56 Å². The third-order valence-electron chi connectivity index (χ3n) is 4.00. The second-order valence-corrected chi connectivity index (χ2v) is 7.68. The maximum Gasteiger partial charge on any atom is 0.272 e. The molecule has 0 atom stereocenters. The standard InChI is InChI=1S/C19H30N2OS2/c1-4-5-6-7-8-9-13-16-24-19(23)21(3)20(2)18(22)17-14-11-10-12-15-17/h10-12,14-15H,4-9,13,16H2,1-3H3. The first-order chi connectivity index (χ1) is 11.6. The molecule has 0 radical (unpaired) electrons. The molecule has 0 fully saturated rings. The van der Waals surface area contributed by atoms with Crippen molar-refractivity contribution >= 4 is 34.2 Å². The van der Waals surface area contributed by atoms with Gasteiger partial charge in [-0.25, -0.2) is 0 Å². The van der Waals surface area contributed by atoms with Crippen LogP contribution in [0.25, 0.3) is 0 Å². The summed E-state index contributed by atoms with van der Waals surface area (Å²) in [7, 11) is 3.61. The number of rotatable bonds is 9. The molecule has 24 heavy (non-hydrogen) atoms. The zero-order valence-corrected chi connectivity index (χ0v) is 16.8. The van der Waals surface area contributed by atoms with Crippen LogP contribution in [0.15, 0.2) is 30.3 Å². The van der Waals surface area contributed by atoms with Crippen LogP contribution in [0.4, 0.5) is 0 Å². The molecule has 0 spiro atoms. The van der Waals surface area contributed by atoms with Gasteiger partial charge in [0, 0.05) is 25.4 Å². The number of thiocarbonyl (C=S) groups is 1. The quantitative estimate of drug-likeness (QED) is 0.333. The third-order valence-corrected chi connectivity index (χ3v) is 5.62. The number of hydrazine groups is 1. The highest BCUT2D eigenvalue weighted by atomic mass is 32.2. The van der Waals surface area contributed by atoms with Crippen molar-refractivity contribution in [3.05, 3.63) is 35.9 Å². The van der Waals surface area contributed by atoms with Gasteiger partial charge in [0.2, 0.25) is 0 Å². The summed E-state index contributed by atoms with van der Waals surface area (Å²) in [5.41, 5.74) is 0.673. The fourth-order valence-electron chi connectivity index (χ4n) is 2.34. The van der Waals surface area contributed by atoms with E-state index < -0.39 is 0 Å². The maximum atomic E-state index is 12.4. The summed E-state index contributed by atoms with van der Waals surface area (Å²) >= 11 is 7.11. The molecule has 3 nitrogen and oxygen atoms in total. The Kier molecular flexibility index (Phi) is 10.8. The molecule has 0 aliphatic rings. The Labute approximate surface area is 156 Å². The van der Waals surface area contributed by atoms with Crippen LogP contribution in [0.5, 0.6) is 0 Å².